The molecule has 0 aromatic heterocycles. The molecule has 1 aliphatic carbocycles. The van der Waals surface area contributed by atoms with Crippen LogP contribution in [0.4, 0.5) is 0 Å². The summed E-state index contributed by atoms with van der Waals surface area (Å²) in [6.45, 7) is -0.0468. The Hall–Kier alpha value is -1.55. The summed E-state index contributed by atoms with van der Waals surface area (Å²) in [6.07, 6.45) is 7.34. The van der Waals surface area contributed by atoms with Gasteiger partial charge in [-0.1, -0.05) is 31.4 Å². The van der Waals surface area contributed by atoms with Gasteiger partial charge in [-0.2, -0.15) is 0 Å². The monoisotopic (exact) mass is 306 g/mol. The molecule has 0 saturated heterocycles. The summed E-state index contributed by atoms with van der Waals surface area (Å²) in [5, 5.41) is 8.65. The summed E-state index contributed by atoms with van der Waals surface area (Å²) in [6, 6.07) is 6.22. The molecule has 1 aromatic rings. The van der Waals surface area contributed by atoms with E-state index in [0.717, 1.165) is 11.3 Å². The van der Waals surface area contributed by atoms with E-state index in [-0.39, 0.29) is 19.2 Å². The lowest BCUT2D eigenvalue weighted by Crippen LogP contribution is -2.10. The maximum Gasteiger partial charge on any atom is 0.306 e. The first kappa shape index (κ1) is 16.8. The van der Waals surface area contributed by atoms with Crippen molar-refractivity contribution in [3.63, 3.8) is 0 Å². The van der Waals surface area contributed by atoms with Gasteiger partial charge in [0, 0.05) is 6.42 Å². The highest BCUT2D eigenvalue weighted by molar-refractivity contribution is 5.69. The molecular formula is C18H26O4. The molecule has 0 aliphatic heterocycles. The van der Waals surface area contributed by atoms with E-state index in [4.69, 9.17) is 14.6 Å². The lowest BCUT2D eigenvalue weighted by atomic mass is 9.83. The Labute approximate surface area is 132 Å². The molecule has 1 N–H and O–H groups in total. The predicted molar refractivity (Wildman–Crippen MR) is 85.2 cm³/mol. The normalized spacial score (nSPS) is 15.5. The van der Waals surface area contributed by atoms with Gasteiger partial charge in [-0.05, 0) is 42.4 Å². The molecule has 1 aliphatic rings. The maximum atomic E-state index is 11.5. The number of aliphatic hydroxyl groups excluding tert-OH is 1. The van der Waals surface area contributed by atoms with Crippen LogP contribution in [0.15, 0.2) is 18.2 Å². The number of hydrogen-bond acceptors (Lipinski definition) is 4. The third-order valence-electron chi connectivity index (χ3n) is 4.31. The summed E-state index contributed by atoms with van der Waals surface area (Å²) >= 11 is 0. The number of hydrogen-bond donors (Lipinski definition) is 1. The van der Waals surface area contributed by atoms with Crippen LogP contribution in [0, 0.1) is 0 Å². The molecule has 122 valence electrons. The summed E-state index contributed by atoms with van der Waals surface area (Å²) in [7, 11) is 1.72. The third-order valence-corrected chi connectivity index (χ3v) is 4.31. The second kappa shape index (κ2) is 8.79. The number of aliphatic hydroxyl groups is 1. The van der Waals surface area contributed by atoms with Gasteiger partial charge in [0.25, 0.3) is 0 Å². The minimum absolute atomic E-state index is 0.0781. The SMILES string of the molecule is COc1ccc(CCC(=O)OCCO)cc1C1CCCCC1. The van der Waals surface area contributed by atoms with E-state index in [9.17, 15) is 4.79 Å². The standard InChI is InChI=1S/C18H26O4/c1-21-17-9-7-14(8-10-18(20)22-12-11-19)13-16(17)15-5-3-2-4-6-15/h7,9,13,15,19H,2-6,8,10-12H2,1H3. The topological polar surface area (TPSA) is 55.8 Å². The van der Waals surface area contributed by atoms with E-state index in [1.165, 1.54) is 37.7 Å². The fraction of sp³-hybridized carbons (Fsp3) is 0.611. The Bertz CT molecular complexity index is 478. The van der Waals surface area contributed by atoms with Crippen molar-refractivity contribution in [1.82, 2.24) is 0 Å². The van der Waals surface area contributed by atoms with Crippen LogP contribution in [-0.2, 0) is 16.0 Å². The Morgan fingerprint density at radius 1 is 1.27 bits per heavy atom. The van der Waals surface area contributed by atoms with Crippen LogP contribution in [0.1, 0.15) is 55.6 Å². The van der Waals surface area contributed by atoms with Crippen molar-refractivity contribution in [3.8, 4) is 5.75 Å². The Morgan fingerprint density at radius 3 is 2.73 bits per heavy atom. The molecular weight excluding hydrogens is 280 g/mol. The molecule has 1 saturated carbocycles. The molecule has 0 heterocycles. The van der Waals surface area contributed by atoms with Crippen molar-refractivity contribution in [3.05, 3.63) is 29.3 Å². The largest absolute Gasteiger partial charge is 0.496 e. The van der Waals surface area contributed by atoms with Gasteiger partial charge in [-0.3, -0.25) is 4.79 Å². The van der Waals surface area contributed by atoms with Crippen molar-refractivity contribution in [1.29, 1.82) is 0 Å². The summed E-state index contributed by atoms with van der Waals surface area (Å²) in [5.41, 5.74) is 2.42. The van der Waals surface area contributed by atoms with Gasteiger partial charge in [-0.15, -0.1) is 0 Å². The van der Waals surface area contributed by atoms with Crippen molar-refractivity contribution in [2.75, 3.05) is 20.3 Å². The molecule has 0 atom stereocenters. The fourth-order valence-corrected chi connectivity index (χ4v) is 3.15. The zero-order chi connectivity index (χ0) is 15.8. The first-order chi connectivity index (χ1) is 10.7. The minimum Gasteiger partial charge on any atom is -0.496 e. The summed E-state index contributed by atoms with van der Waals surface area (Å²) in [5.74, 6) is 1.27. The minimum atomic E-state index is -0.260. The number of esters is 1. The highest BCUT2D eigenvalue weighted by atomic mass is 16.5. The van der Waals surface area contributed by atoms with Crippen LogP contribution in [0.3, 0.4) is 0 Å². The first-order valence-corrected chi connectivity index (χ1v) is 8.18. The number of methoxy groups -OCH3 is 1. The van der Waals surface area contributed by atoms with Gasteiger partial charge in [0.15, 0.2) is 0 Å². The number of ether oxygens (including phenoxy) is 2. The molecule has 0 spiro atoms. The Morgan fingerprint density at radius 2 is 2.05 bits per heavy atom. The lowest BCUT2D eigenvalue weighted by molar-refractivity contribution is -0.144. The smallest absolute Gasteiger partial charge is 0.306 e. The zero-order valence-electron chi connectivity index (χ0n) is 13.3. The highest BCUT2D eigenvalue weighted by Crippen LogP contribution is 2.38. The molecule has 1 fully saturated rings. The summed E-state index contributed by atoms with van der Waals surface area (Å²) in [4.78, 5) is 11.5. The van der Waals surface area contributed by atoms with Gasteiger partial charge >= 0.3 is 5.97 Å². The first-order valence-electron chi connectivity index (χ1n) is 8.18. The van der Waals surface area contributed by atoms with Gasteiger partial charge in [0.1, 0.15) is 12.4 Å². The summed E-state index contributed by atoms with van der Waals surface area (Å²) < 4.78 is 10.4. The molecule has 0 amide bonds. The van der Waals surface area contributed by atoms with E-state index in [2.05, 4.69) is 6.07 Å². The molecule has 0 radical (unpaired) electrons. The number of benzene rings is 1. The molecule has 0 bridgehead atoms. The van der Waals surface area contributed by atoms with Crippen LogP contribution < -0.4 is 4.74 Å². The van der Waals surface area contributed by atoms with Gasteiger partial charge < -0.3 is 14.6 Å². The molecule has 1 aromatic carbocycles. The van der Waals surface area contributed by atoms with Crippen molar-refractivity contribution >= 4 is 5.97 Å². The van der Waals surface area contributed by atoms with E-state index in [1.54, 1.807) is 7.11 Å². The average Bonchev–Trinajstić information content (AvgIpc) is 2.58. The van der Waals surface area contributed by atoms with Gasteiger partial charge in [0.2, 0.25) is 0 Å². The zero-order valence-corrected chi connectivity index (χ0v) is 13.3. The van der Waals surface area contributed by atoms with Crippen LogP contribution in [0.25, 0.3) is 0 Å². The van der Waals surface area contributed by atoms with Crippen molar-refractivity contribution < 1.29 is 19.4 Å². The molecule has 22 heavy (non-hydrogen) atoms. The van der Waals surface area contributed by atoms with Gasteiger partial charge in [0.05, 0.1) is 13.7 Å². The average molecular weight is 306 g/mol. The Kier molecular flexibility index (Phi) is 6.72. The van der Waals surface area contributed by atoms with Crippen LogP contribution in [0.5, 0.6) is 5.75 Å². The van der Waals surface area contributed by atoms with E-state index < -0.39 is 0 Å². The molecule has 4 heteroatoms. The van der Waals surface area contributed by atoms with Crippen molar-refractivity contribution in [2.24, 2.45) is 0 Å². The number of aryl methyl sites for hydroxylation is 1. The van der Waals surface area contributed by atoms with E-state index in [0.29, 0.717) is 18.8 Å². The molecule has 0 unspecified atom stereocenters. The van der Waals surface area contributed by atoms with E-state index >= 15 is 0 Å². The highest BCUT2D eigenvalue weighted by Gasteiger charge is 2.19. The maximum absolute atomic E-state index is 11.5. The van der Waals surface area contributed by atoms with Crippen LogP contribution >= 0.6 is 0 Å². The fourth-order valence-electron chi connectivity index (χ4n) is 3.15. The quantitative estimate of drug-likeness (QED) is 0.786. The molecule has 4 nitrogen and oxygen atoms in total. The predicted octanol–water partition coefficient (Wildman–Crippen LogP) is 3.21. The van der Waals surface area contributed by atoms with Crippen LogP contribution in [0.2, 0.25) is 0 Å². The number of rotatable bonds is 7. The molecule has 2 rings (SSSR count). The second-order valence-electron chi connectivity index (χ2n) is 5.86. The van der Waals surface area contributed by atoms with E-state index in [1.807, 2.05) is 12.1 Å². The van der Waals surface area contributed by atoms with Gasteiger partial charge in [-0.25, -0.2) is 0 Å². The number of carbonyl (C=O) groups is 1. The third kappa shape index (κ3) is 4.73. The number of carbonyl (C=O) groups excluding carboxylic acids is 1. The Balaban J connectivity index is 2.01. The lowest BCUT2D eigenvalue weighted by Gasteiger charge is -2.24. The van der Waals surface area contributed by atoms with Crippen molar-refractivity contribution in [2.45, 2.75) is 50.9 Å². The second-order valence-corrected chi connectivity index (χ2v) is 5.86. The van der Waals surface area contributed by atoms with Crippen LogP contribution in [-0.4, -0.2) is 31.4 Å².